The fraction of sp³-hybridized carbons (Fsp3) is 0.821. The summed E-state index contributed by atoms with van der Waals surface area (Å²) in [5.74, 6) is 0.508. The predicted octanol–water partition coefficient (Wildman–Crippen LogP) is 6.64. The van der Waals surface area contributed by atoms with Gasteiger partial charge in [-0.1, -0.05) is 41.5 Å². The van der Waals surface area contributed by atoms with Crippen LogP contribution in [0.25, 0.3) is 11.2 Å². The minimum atomic E-state index is -2.55. The van der Waals surface area contributed by atoms with Crippen LogP contribution in [0.5, 0.6) is 0 Å². The summed E-state index contributed by atoms with van der Waals surface area (Å²) in [6.45, 7) is 25.1. The minimum absolute atomic E-state index is 0.0401. The highest BCUT2D eigenvalue weighted by atomic mass is 127. The Morgan fingerprint density at radius 3 is 1.83 bits per heavy atom. The van der Waals surface area contributed by atoms with Gasteiger partial charge in [0.05, 0.1) is 12.4 Å². The highest BCUT2D eigenvalue weighted by Crippen LogP contribution is 2.57. The maximum Gasteiger partial charge on any atom is 0.194 e. The molecule has 0 aromatic carbocycles. The molecular weight excluding hydrogens is 682 g/mol. The Kier molecular flexibility index (Phi) is 9.83. The van der Waals surface area contributed by atoms with Gasteiger partial charge in [-0.2, -0.15) is 0 Å². The average Bonchev–Trinajstić information content (AvgIpc) is 3.31. The van der Waals surface area contributed by atoms with E-state index in [1.807, 2.05) is 43.8 Å². The average molecular weight is 736 g/mol. The Hall–Kier alpha value is -0.429. The van der Waals surface area contributed by atoms with Gasteiger partial charge in [0, 0.05) is 28.5 Å². The normalized spacial score (nSPS) is 23.5. The molecule has 1 aliphatic rings. The van der Waals surface area contributed by atoms with Gasteiger partial charge in [-0.05, 0) is 86.0 Å². The van der Waals surface area contributed by atoms with E-state index in [-0.39, 0.29) is 39.3 Å². The fourth-order valence-electron chi connectivity index (χ4n) is 5.54. The lowest BCUT2D eigenvalue weighted by Gasteiger charge is -2.43. The highest BCUT2D eigenvalue weighted by molar-refractivity contribution is 14.1. The van der Waals surface area contributed by atoms with Crippen molar-refractivity contribution in [3.05, 3.63) is 10.2 Å². The molecule has 9 nitrogen and oxygen atoms in total. The van der Waals surface area contributed by atoms with Crippen molar-refractivity contribution in [1.29, 1.82) is 0 Å². The largest absolute Gasteiger partial charge is 0.432 e. The zero-order chi connectivity index (χ0) is 31.6. The van der Waals surface area contributed by atoms with Gasteiger partial charge in [0.1, 0.15) is 11.7 Å². The van der Waals surface area contributed by atoms with Crippen LogP contribution in [0.3, 0.4) is 0 Å². The third-order valence-corrected chi connectivity index (χ3v) is 22.0. The van der Waals surface area contributed by atoms with Gasteiger partial charge < -0.3 is 24.9 Å². The van der Waals surface area contributed by atoms with Gasteiger partial charge in [0.15, 0.2) is 40.2 Å². The SMILES string of the molecule is CC(C)(CC[C@H]1OC(n2cnc3c(N)nc(I)nc32)[C@H](CC(C)(C)[Si](C)(C)O)[C@@H]1CC(C)(C)[Si](C)(C)O)[Si](C)(C)O. The second-order valence-corrected chi connectivity index (χ2v) is 30.2. The molecular formula is C28H54IN5O4Si3. The summed E-state index contributed by atoms with van der Waals surface area (Å²) in [7, 11) is -7.50. The molecule has 5 N–H and O–H groups in total. The quantitative estimate of drug-likeness (QED) is 0.115. The first-order valence-electron chi connectivity index (χ1n) is 14.8. The van der Waals surface area contributed by atoms with Crippen molar-refractivity contribution in [3.63, 3.8) is 0 Å². The fourth-order valence-corrected chi connectivity index (χ4v) is 8.26. The topological polar surface area (TPSA) is 140 Å². The Labute approximate surface area is 263 Å². The second kappa shape index (κ2) is 11.5. The summed E-state index contributed by atoms with van der Waals surface area (Å²) in [4.78, 5) is 47.4. The molecule has 0 spiro atoms. The maximum atomic E-state index is 11.4. The highest BCUT2D eigenvalue weighted by Gasteiger charge is 2.54. The Morgan fingerprint density at radius 2 is 1.34 bits per heavy atom. The number of hydrogen-bond donors (Lipinski definition) is 4. The van der Waals surface area contributed by atoms with Crippen LogP contribution in [0.15, 0.2) is 6.33 Å². The number of imidazole rings is 1. The number of rotatable bonds is 11. The summed E-state index contributed by atoms with van der Waals surface area (Å²) in [5.41, 5.74) is 7.45. The molecule has 3 heterocycles. The van der Waals surface area contributed by atoms with Gasteiger partial charge in [-0.15, -0.1) is 0 Å². The molecule has 2 aromatic heterocycles. The van der Waals surface area contributed by atoms with Crippen LogP contribution in [0.2, 0.25) is 54.4 Å². The van der Waals surface area contributed by atoms with Crippen molar-refractivity contribution in [2.45, 2.75) is 134 Å². The van der Waals surface area contributed by atoms with Crippen molar-refractivity contribution in [3.8, 4) is 0 Å². The molecule has 1 saturated heterocycles. The number of hydrogen-bond acceptors (Lipinski definition) is 8. The molecule has 234 valence electrons. The minimum Gasteiger partial charge on any atom is -0.432 e. The molecule has 41 heavy (non-hydrogen) atoms. The lowest BCUT2D eigenvalue weighted by atomic mass is 9.77. The smallest absolute Gasteiger partial charge is 0.194 e. The molecule has 1 fully saturated rings. The predicted molar refractivity (Wildman–Crippen MR) is 183 cm³/mol. The zero-order valence-corrected chi connectivity index (χ0v) is 32.4. The lowest BCUT2D eigenvalue weighted by Crippen LogP contribution is -2.44. The van der Waals surface area contributed by atoms with E-state index in [9.17, 15) is 14.4 Å². The second-order valence-electron chi connectivity index (χ2n) is 15.9. The van der Waals surface area contributed by atoms with Crippen LogP contribution in [-0.2, 0) is 4.74 Å². The van der Waals surface area contributed by atoms with Crippen molar-refractivity contribution >= 4 is 64.5 Å². The number of anilines is 1. The molecule has 1 unspecified atom stereocenters. The molecule has 2 aromatic rings. The van der Waals surface area contributed by atoms with E-state index in [0.717, 1.165) is 25.7 Å². The first kappa shape index (κ1) is 35.1. The summed E-state index contributed by atoms with van der Waals surface area (Å²) < 4.78 is 9.63. The summed E-state index contributed by atoms with van der Waals surface area (Å²) in [6, 6.07) is 0. The van der Waals surface area contributed by atoms with E-state index < -0.39 is 25.0 Å². The van der Waals surface area contributed by atoms with Gasteiger partial charge in [0.25, 0.3) is 0 Å². The van der Waals surface area contributed by atoms with Gasteiger partial charge >= 0.3 is 0 Å². The summed E-state index contributed by atoms with van der Waals surface area (Å²) in [6.07, 6.45) is 4.51. The van der Waals surface area contributed by atoms with Crippen LogP contribution in [0.1, 0.15) is 73.5 Å². The van der Waals surface area contributed by atoms with Crippen molar-refractivity contribution in [1.82, 2.24) is 19.5 Å². The molecule has 0 bridgehead atoms. The summed E-state index contributed by atoms with van der Waals surface area (Å²) >= 11 is 2.08. The number of fused-ring (bicyclic) bond motifs is 1. The Bertz CT molecular complexity index is 1230. The maximum absolute atomic E-state index is 11.4. The van der Waals surface area contributed by atoms with E-state index in [1.165, 1.54) is 0 Å². The number of nitrogens with zero attached hydrogens (tertiary/aromatic N) is 4. The standard InChI is InChI=1S/C28H54IN5O4Si3/c1-26(2,39(7,8)35)14-13-20-18(15-27(3,4)40(9,10)36)19(16-28(5,6)41(11,12)37)24(38-20)34-17-31-21-22(30)32-25(29)33-23(21)34/h17-20,24,35-37H,13-16H2,1-12H3,(H2,30,32,33)/t18-,19+,20+,24?/m0/s1. The molecule has 4 atom stereocenters. The van der Waals surface area contributed by atoms with Crippen molar-refractivity contribution < 1.29 is 19.1 Å². The Morgan fingerprint density at radius 1 is 0.854 bits per heavy atom. The van der Waals surface area contributed by atoms with Crippen LogP contribution in [-0.4, -0.2) is 65.0 Å². The van der Waals surface area contributed by atoms with Crippen LogP contribution >= 0.6 is 22.6 Å². The van der Waals surface area contributed by atoms with Gasteiger partial charge in [-0.3, -0.25) is 4.57 Å². The third kappa shape index (κ3) is 7.28. The molecule has 1 aliphatic heterocycles. The third-order valence-electron chi connectivity index (χ3n) is 10.9. The Balaban J connectivity index is 2.18. The molecule has 0 amide bonds. The van der Waals surface area contributed by atoms with E-state index in [4.69, 9.17) is 15.5 Å². The van der Waals surface area contributed by atoms with Gasteiger partial charge in [0.2, 0.25) is 0 Å². The number of aromatic nitrogens is 4. The van der Waals surface area contributed by atoms with Crippen LogP contribution < -0.4 is 5.73 Å². The molecule has 3 rings (SSSR count). The van der Waals surface area contributed by atoms with Crippen molar-refractivity contribution in [2.24, 2.45) is 11.8 Å². The first-order valence-corrected chi connectivity index (χ1v) is 24.7. The number of halogens is 1. The van der Waals surface area contributed by atoms with E-state index in [1.54, 1.807) is 6.33 Å². The number of nitrogens with two attached hydrogens (primary N) is 1. The summed E-state index contributed by atoms with van der Waals surface area (Å²) in [5, 5.41) is -0.739. The first-order chi connectivity index (χ1) is 18.3. The molecule has 0 radical (unpaired) electrons. The van der Waals surface area contributed by atoms with E-state index >= 15 is 0 Å². The van der Waals surface area contributed by atoms with Crippen molar-refractivity contribution in [2.75, 3.05) is 5.73 Å². The number of nitrogen functional groups attached to an aromatic ring is 1. The van der Waals surface area contributed by atoms with E-state index in [0.29, 0.717) is 20.8 Å². The van der Waals surface area contributed by atoms with Crippen LogP contribution in [0.4, 0.5) is 5.82 Å². The van der Waals surface area contributed by atoms with Gasteiger partial charge in [-0.25, -0.2) is 15.0 Å². The molecule has 13 heteroatoms. The van der Waals surface area contributed by atoms with Crippen LogP contribution in [0, 0.1) is 15.7 Å². The molecule has 0 aliphatic carbocycles. The lowest BCUT2D eigenvalue weighted by molar-refractivity contribution is -0.0206. The zero-order valence-electron chi connectivity index (χ0n) is 27.2. The number of ether oxygens (including phenoxy) is 1. The molecule has 0 saturated carbocycles. The van der Waals surface area contributed by atoms with E-state index in [2.05, 4.69) is 74.1 Å². The monoisotopic (exact) mass is 735 g/mol.